The van der Waals surface area contributed by atoms with Crippen LogP contribution in [0.4, 0.5) is 4.39 Å². The molecule has 1 amide bonds. The maximum atomic E-state index is 14.7. The Labute approximate surface area is 155 Å². The van der Waals surface area contributed by atoms with Gasteiger partial charge >= 0.3 is 0 Å². The Bertz CT molecular complexity index is 1120. The Morgan fingerprint density at radius 3 is 2.67 bits per heavy atom. The molecule has 27 heavy (non-hydrogen) atoms. The molecule has 5 heteroatoms. The summed E-state index contributed by atoms with van der Waals surface area (Å²) >= 11 is 0. The molecule has 3 aromatic carbocycles. The zero-order valence-corrected chi connectivity index (χ0v) is 14.5. The van der Waals surface area contributed by atoms with Gasteiger partial charge in [0.25, 0.3) is 5.91 Å². The third-order valence-corrected chi connectivity index (χ3v) is 4.69. The van der Waals surface area contributed by atoms with Crippen LogP contribution in [-0.2, 0) is 6.54 Å². The average Bonchev–Trinajstić information content (AvgIpc) is 3.07. The van der Waals surface area contributed by atoms with Crippen molar-refractivity contribution in [2.45, 2.75) is 6.54 Å². The molecule has 0 bridgehead atoms. The molecule has 0 aliphatic carbocycles. The highest BCUT2D eigenvalue weighted by atomic mass is 19.1. The van der Waals surface area contributed by atoms with E-state index in [1.165, 1.54) is 13.2 Å². The Hall–Kier alpha value is -3.65. The van der Waals surface area contributed by atoms with Crippen molar-refractivity contribution < 1.29 is 13.9 Å². The molecule has 0 saturated carbocycles. The number of carbonyl (C=O) groups excluding carboxylic acids is 1. The summed E-state index contributed by atoms with van der Waals surface area (Å²) < 4.78 is 19.9. The van der Waals surface area contributed by atoms with E-state index in [9.17, 15) is 14.4 Å². The zero-order chi connectivity index (χ0) is 19.0. The van der Waals surface area contributed by atoms with Crippen molar-refractivity contribution in [3.8, 4) is 34.1 Å². The van der Waals surface area contributed by atoms with Crippen molar-refractivity contribution in [1.29, 1.82) is 5.26 Å². The Kier molecular flexibility index (Phi) is 4.09. The Morgan fingerprint density at radius 2 is 1.89 bits per heavy atom. The quantitative estimate of drug-likeness (QED) is 0.760. The number of nitrogens with zero attached hydrogens (tertiary/aromatic N) is 1. The van der Waals surface area contributed by atoms with Crippen molar-refractivity contribution in [3.05, 3.63) is 77.1 Å². The SMILES string of the molecule is COc1ccc(F)c(-c2cc3c(cc2-c2cccc(C#N)c2)CNC3=O)c1. The highest BCUT2D eigenvalue weighted by molar-refractivity contribution is 6.01. The number of benzene rings is 3. The second kappa shape index (κ2) is 6.58. The van der Waals surface area contributed by atoms with Gasteiger partial charge in [-0.2, -0.15) is 5.26 Å². The molecule has 4 nitrogen and oxygen atoms in total. The van der Waals surface area contributed by atoms with Gasteiger partial charge in [-0.3, -0.25) is 4.79 Å². The monoisotopic (exact) mass is 358 g/mol. The number of ether oxygens (including phenoxy) is 1. The van der Waals surface area contributed by atoms with Gasteiger partial charge in [0.1, 0.15) is 11.6 Å². The van der Waals surface area contributed by atoms with Crippen LogP contribution in [-0.4, -0.2) is 13.0 Å². The lowest BCUT2D eigenvalue weighted by atomic mass is 9.90. The summed E-state index contributed by atoms with van der Waals surface area (Å²) in [5.41, 5.74) is 4.37. The lowest BCUT2D eigenvalue weighted by Crippen LogP contribution is -2.12. The van der Waals surface area contributed by atoms with E-state index < -0.39 is 5.82 Å². The number of amides is 1. The number of nitriles is 1. The summed E-state index contributed by atoms with van der Waals surface area (Å²) in [5, 5.41) is 12.0. The molecule has 1 aliphatic rings. The van der Waals surface area contributed by atoms with Gasteiger partial charge in [-0.05, 0) is 64.7 Å². The molecule has 0 aromatic heterocycles. The molecule has 0 radical (unpaired) electrons. The molecule has 4 rings (SSSR count). The maximum absolute atomic E-state index is 14.7. The van der Waals surface area contributed by atoms with Gasteiger partial charge in [-0.25, -0.2) is 4.39 Å². The second-order valence-corrected chi connectivity index (χ2v) is 6.28. The van der Waals surface area contributed by atoms with Crippen LogP contribution in [0.3, 0.4) is 0 Å². The van der Waals surface area contributed by atoms with Crippen LogP contribution in [0.25, 0.3) is 22.3 Å². The predicted molar refractivity (Wildman–Crippen MR) is 99.7 cm³/mol. The van der Waals surface area contributed by atoms with Gasteiger partial charge in [0.2, 0.25) is 0 Å². The number of fused-ring (bicyclic) bond motifs is 1. The minimum Gasteiger partial charge on any atom is -0.497 e. The minimum absolute atomic E-state index is 0.174. The maximum Gasteiger partial charge on any atom is 0.251 e. The third-order valence-electron chi connectivity index (χ3n) is 4.69. The molecule has 132 valence electrons. The zero-order valence-electron chi connectivity index (χ0n) is 14.5. The summed E-state index contributed by atoms with van der Waals surface area (Å²) in [7, 11) is 1.52. The number of hydrogen-bond acceptors (Lipinski definition) is 3. The van der Waals surface area contributed by atoms with E-state index in [-0.39, 0.29) is 5.91 Å². The van der Waals surface area contributed by atoms with Gasteiger partial charge in [-0.1, -0.05) is 12.1 Å². The Balaban J connectivity index is 2.01. The van der Waals surface area contributed by atoms with Gasteiger partial charge in [-0.15, -0.1) is 0 Å². The summed E-state index contributed by atoms with van der Waals surface area (Å²) in [5.74, 6) is -0.0631. The fourth-order valence-electron chi connectivity index (χ4n) is 3.33. The number of rotatable bonds is 3. The first-order valence-electron chi connectivity index (χ1n) is 8.40. The average molecular weight is 358 g/mol. The lowest BCUT2D eigenvalue weighted by Gasteiger charge is -2.14. The van der Waals surface area contributed by atoms with Crippen LogP contribution in [0.5, 0.6) is 5.75 Å². The molecule has 1 aliphatic heterocycles. The summed E-state index contributed by atoms with van der Waals surface area (Å²) in [6, 6.07) is 17.4. The summed E-state index contributed by atoms with van der Waals surface area (Å²) in [6.45, 7) is 0.431. The summed E-state index contributed by atoms with van der Waals surface area (Å²) in [4.78, 5) is 12.1. The van der Waals surface area contributed by atoms with Crippen LogP contribution in [0, 0.1) is 17.1 Å². The predicted octanol–water partition coefficient (Wildman–Crippen LogP) is 4.28. The van der Waals surface area contributed by atoms with Crippen molar-refractivity contribution in [1.82, 2.24) is 5.32 Å². The van der Waals surface area contributed by atoms with Crippen LogP contribution in [0.1, 0.15) is 21.5 Å². The largest absolute Gasteiger partial charge is 0.497 e. The first kappa shape index (κ1) is 16.8. The second-order valence-electron chi connectivity index (χ2n) is 6.28. The standard InChI is InChI=1S/C22H15FN2O2/c1-27-16-5-6-21(23)20(9-16)19-10-18-15(12-25-22(18)26)8-17(19)14-4-2-3-13(7-14)11-24/h2-10H,12H2,1H3,(H,25,26). The normalized spacial score (nSPS) is 12.3. The van der Waals surface area contributed by atoms with E-state index in [1.54, 1.807) is 36.4 Å². The fourth-order valence-corrected chi connectivity index (χ4v) is 3.33. The van der Waals surface area contributed by atoms with E-state index >= 15 is 0 Å². The smallest absolute Gasteiger partial charge is 0.251 e. The molecule has 0 unspecified atom stereocenters. The van der Waals surface area contributed by atoms with Crippen molar-refractivity contribution in [3.63, 3.8) is 0 Å². The van der Waals surface area contributed by atoms with Crippen LogP contribution < -0.4 is 10.1 Å². The molecule has 0 saturated heterocycles. The van der Waals surface area contributed by atoms with E-state index in [0.717, 1.165) is 16.7 Å². The van der Waals surface area contributed by atoms with Gasteiger partial charge in [0.15, 0.2) is 0 Å². The van der Waals surface area contributed by atoms with Crippen molar-refractivity contribution in [2.75, 3.05) is 7.11 Å². The van der Waals surface area contributed by atoms with Crippen molar-refractivity contribution in [2.24, 2.45) is 0 Å². The van der Waals surface area contributed by atoms with E-state index in [0.29, 0.717) is 34.5 Å². The van der Waals surface area contributed by atoms with E-state index in [2.05, 4.69) is 11.4 Å². The van der Waals surface area contributed by atoms with Crippen molar-refractivity contribution >= 4 is 5.91 Å². The molecule has 0 spiro atoms. The fraction of sp³-hybridized carbons (Fsp3) is 0.0909. The number of carbonyl (C=O) groups is 1. The topological polar surface area (TPSA) is 62.1 Å². The van der Waals surface area contributed by atoms with Crippen LogP contribution in [0.15, 0.2) is 54.6 Å². The highest BCUT2D eigenvalue weighted by Gasteiger charge is 2.23. The molecular weight excluding hydrogens is 343 g/mol. The summed E-state index contributed by atoms with van der Waals surface area (Å²) in [6.07, 6.45) is 0. The third kappa shape index (κ3) is 2.91. The molecule has 1 heterocycles. The van der Waals surface area contributed by atoms with E-state index in [1.807, 2.05) is 12.1 Å². The Morgan fingerprint density at radius 1 is 1.04 bits per heavy atom. The first-order chi connectivity index (χ1) is 13.1. The number of halogens is 1. The molecular formula is C22H15FN2O2. The molecule has 3 aromatic rings. The van der Waals surface area contributed by atoms with Gasteiger partial charge in [0, 0.05) is 17.7 Å². The highest BCUT2D eigenvalue weighted by Crippen LogP contribution is 2.38. The molecule has 0 fully saturated rings. The number of methoxy groups -OCH3 is 1. The van der Waals surface area contributed by atoms with Crippen LogP contribution in [0.2, 0.25) is 0 Å². The van der Waals surface area contributed by atoms with E-state index in [4.69, 9.17) is 4.74 Å². The molecule has 1 N–H and O–H groups in total. The van der Waals surface area contributed by atoms with Gasteiger partial charge < -0.3 is 10.1 Å². The minimum atomic E-state index is -0.410. The number of nitrogens with one attached hydrogen (secondary N) is 1. The number of hydrogen-bond donors (Lipinski definition) is 1. The van der Waals surface area contributed by atoms with Crippen LogP contribution >= 0.6 is 0 Å². The molecule has 0 atom stereocenters. The lowest BCUT2D eigenvalue weighted by molar-refractivity contribution is 0.0966. The van der Waals surface area contributed by atoms with Gasteiger partial charge in [0.05, 0.1) is 18.7 Å². The first-order valence-corrected chi connectivity index (χ1v) is 8.40.